The maximum atomic E-state index is 13.0. The second kappa shape index (κ2) is 9.31. The SMILES string of the molecule is CCCN1C(=O)C(=O)/C(=C(/O)c2ccc(Cl)c(OC)c2)C1c1cccc(OC)c1OC. The first kappa shape index (κ1) is 22.5. The molecule has 1 heterocycles. The Morgan fingerprint density at radius 3 is 2.39 bits per heavy atom. The van der Waals surface area contributed by atoms with E-state index in [0.717, 1.165) is 0 Å². The molecule has 8 heteroatoms. The van der Waals surface area contributed by atoms with Gasteiger partial charge in [-0.15, -0.1) is 0 Å². The number of rotatable bonds is 7. The van der Waals surface area contributed by atoms with Crippen molar-refractivity contribution in [3.63, 3.8) is 0 Å². The number of amides is 1. The number of benzene rings is 2. The van der Waals surface area contributed by atoms with E-state index in [-0.39, 0.29) is 11.3 Å². The van der Waals surface area contributed by atoms with E-state index in [4.69, 9.17) is 25.8 Å². The van der Waals surface area contributed by atoms with E-state index < -0.39 is 17.7 Å². The fourth-order valence-electron chi connectivity index (χ4n) is 3.76. The van der Waals surface area contributed by atoms with Crippen LogP contribution < -0.4 is 14.2 Å². The largest absolute Gasteiger partial charge is 0.507 e. The normalized spacial score (nSPS) is 17.7. The standard InChI is InChI=1S/C23H24ClNO6/c1-5-11-25-19(14-7-6-8-16(29-2)22(14)31-4)18(21(27)23(25)28)20(26)13-9-10-15(24)17(12-13)30-3/h6-10,12,19,26H,5,11H2,1-4H3/b20-18+. The summed E-state index contributed by atoms with van der Waals surface area (Å²) in [4.78, 5) is 27.3. The average Bonchev–Trinajstić information content (AvgIpc) is 3.03. The molecule has 0 bridgehead atoms. The van der Waals surface area contributed by atoms with Crippen LogP contribution in [0.15, 0.2) is 42.0 Å². The van der Waals surface area contributed by atoms with Gasteiger partial charge in [-0.25, -0.2) is 0 Å². The Balaban J connectivity index is 2.28. The van der Waals surface area contributed by atoms with Crippen LogP contribution in [0, 0.1) is 0 Å². The molecule has 0 spiro atoms. The number of hydrogen-bond acceptors (Lipinski definition) is 6. The van der Waals surface area contributed by atoms with Gasteiger partial charge >= 0.3 is 0 Å². The Kier molecular flexibility index (Phi) is 6.75. The minimum Gasteiger partial charge on any atom is -0.507 e. The average molecular weight is 446 g/mol. The van der Waals surface area contributed by atoms with Gasteiger partial charge in [-0.3, -0.25) is 9.59 Å². The van der Waals surface area contributed by atoms with Crippen molar-refractivity contribution in [3.05, 3.63) is 58.1 Å². The first-order valence-corrected chi connectivity index (χ1v) is 10.1. The van der Waals surface area contributed by atoms with Crippen LogP contribution in [0.2, 0.25) is 5.02 Å². The van der Waals surface area contributed by atoms with E-state index in [9.17, 15) is 14.7 Å². The number of methoxy groups -OCH3 is 3. The zero-order valence-electron chi connectivity index (χ0n) is 17.8. The Bertz CT molecular complexity index is 1050. The predicted octanol–water partition coefficient (Wildman–Crippen LogP) is 4.20. The summed E-state index contributed by atoms with van der Waals surface area (Å²) in [6.07, 6.45) is 0.630. The van der Waals surface area contributed by atoms with Crippen LogP contribution in [-0.4, -0.2) is 49.6 Å². The van der Waals surface area contributed by atoms with Gasteiger partial charge in [-0.05, 0) is 30.7 Å². The van der Waals surface area contributed by atoms with Gasteiger partial charge in [-0.1, -0.05) is 30.7 Å². The van der Waals surface area contributed by atoms with E-state index in [0.29, 0.717) is 46.4 Å². The van der Waals surface area contributed by atoms with Gasteiger partial charge in [0.05, 0.1) is 38.0 Å². The van der Waals surface area contributed by atoms with E-state index in [1.807, 2.05) is 6.92 Å². The molecule has 1 aliphatic rings. The highest BCUT2D eigenvalue weighted by atomic mass is 35.5. The number of aliphatic hydroxyl groups excluding tert-OH is 1. The number of hydrogen-bond donors (Lipinski definition) is 1. The van der Waals surface area contributed by atoms with Crippen molar-refractivity contribution in [1.82, 2.24) is 4.90 Å². The van der Waals surface area contributed by atoms with Crippen molar-refractivity contribution in [2.45, 2.75) is 19.4 Å². The number of aliphatic hydroxyl groups is 1. The van der Waals surface area contributed by atoms with Crippen molar-refractivity contribution in [2.24, 2.45) is 0 Å². The molecule has 3 rings (SSSR count). The van der Waals surface area contributed by atoms with Gasteiger partial charge in [0, 0.05) is 17.7 Å². The minimum absolute atomic E-state index is 0.0330. The topological polar surface area (TPSA) is 85.3 Å². The fraction of sp³-hybridized carbons (Fsp3) is 0.304. The molecule has 2 aromatic rings. The third-order valence-corrected chi connectivity index (χ3v) is 5.47. The molecular formula is C23H24ClNO6. The zero-order chi connectivity index (χ0) is 22.7. The Morgan fingerprint density at radius 2 is 1.77 bits per heavy atom. The molecule has 1 aliphatic heterocycles. The summed E-state index contributed by atoms with van der Waals surface area (Å²) < 4.78 is 16.2. The molecule has 0 aliphatic carbocycles. The first-order chi connectivity index (χ1) is 14.9. The number of likely N-dealkylation sites (tertiary alicyclic amines) is 1. The number of carbonyl (C=O) groups is 2. The molecule has 1 N–H and O–H groups in total. The lowest BCUT2D eigenvalue weighted by Gasteiger charge is -2.26. The smallest absolute Gasteiger partial charge is 0.295 e. The number of Topliss-reactive ketones (excluding diaryl/α,β-unsaturated/α-hetero) is 1. The number of halogens is 1. The summed E-state index contributed by atoms with van der Waals surface area (Å²) in [5.74, 6) is -0.590. The van der Waals surface area contributed by atoms with Crippen molar-refractivity contribution in [1.29, 1.82) is 0 Å². The quantitative estimate of drug-likeness (QED) is 0.390. The van der Waals surface area contributed by atoms with Crippen LogP contribution in [0.25, 0.3) is 5.76 Å². The van der Waals surface area contributed by atoms with E-state index in [2.05, 4.69) is 0 Å². The molecule has 1 unspecified atom stereocenters. The summed E-state index contributed by atoms with van der Waals surface area (Å²) in [6.45, 7) is 2.24. The molecule has 164 valence electrons. The number of ether oxygens (including phenoxy) is 3. The van der Waals surface area contributed by atoms with Crippen molar-refractivity contribution < 1.29 is 28.9 Å². The summed E-state index contributed by atoms with van der Waals surface area (Å²) >= 11 is 6.09. The number of carbonyl (C=O) groups excluding carboxylic acids is 2. The number of ketones is 1. The van der Waals surface area contributed by atoms with Crippen LogP contribution in [0.1, 0.15) is 30.5 Å². The first-order valence-electron chi connectivity index (χ1n) is 9.72. The molecule has 0 aromatic heterocycles. The minimum atomic E-state index is -0.841. The van der Waals surface area contributed by atoms with Crippen LogP contribution >= 0.6 is 11.6 Å². The Hall–Kier alpha value is -3.19. The van der Waals surface area contributed by atoms with Crippen molar-refractivity contribution >= 4 is 29.1 Å². The molecule has 1 atom stereocenters. The second-order valence-electron chi connectivity index (χ2n) is 6.92. The highest BCUT2D eigenvalue weighted by Gasteiger charge is 2.47. The van der Waals surface area contributed by atoms with E-state index >= 15 is 0 Å². The lowest BCUT2D eigenvalue weighted by Crippen LogP contribution is -2.30. The molecule has 7 nitrogen and oxygen atoms in total. The highest BCUT2D eigenvalue weighted by molar-refractivity contribution is 6.46. The predicted molar refractivity (Wildman–Crippen MR) is 117 cm³/mol. The maximum Gasteiger partial charge on any atom is 0.295 e. The van der Waals surface area contributed by atoms with Gasteiger partial charge in [0.15, 0.2) is 11.5 Å². The second-order valence-corrected chi connectivity index (χ2v) is 7.33. The molecule has 1 amide bonds. The monoisotopic (exact) mass is 445 g/mol. The zero-order valence-corrected chi connectivity index (χ0v) is 18.5. The van der Waals surface area contributed by atoms with Gasteiger partial charge in [0.25, 0.3) is 11.7 Å². The van der Waals surface area contributed by atoms with Crippen LogP contribution in [-0.2, 0) is 9.59 Å². The van der Waals surface area contributed by atoms with Crippen LogP contribution in [0.5, 0.6) is 17.2 Å². The van der Waals surface area contributed by atoms with Crippen LogP contribution in [0.4, 0.5) is 0 Å². The molecule has 31 heavy (non-hydrogen) atoms. The lowest BCUT2D eigenvalue weighted by molar-refractivity contribution is -0.139. The van der Waals surface area contributed by atoms with Gasteiger partial charge in [0.1, 0.15) is 11.5 Å². The Morgan fingerprint density at radius 1 is 1.06 bits per heavy atom. The number of nitrogens with zero attached hydrogens (tertiary/aromatic N) is 1. The molecule has 0 saturated carbocycles. The molecular weight excluding hydrogens is 422 g/mol. The summed E-state index contributed by atoms with van der Waals surface area (Å²) in [5.41, 5.74) is 0.814. The Labute approximate surface area is 185 Å². The number of para-hydroxylation sites is 1. The third kappa shape index (κ3) is 3.93. The fourth-order valence-corrected chi connectivity index (χ4v) is 3.96. The van der Waals surface area contributed by atoms with Gasteiger partial charge in [-0.2, -0.15) is 0 Å². The van der Waals surface area contributed by atoms with Gasteiger partial charge in [0.2, 0.25) is 0 Å². The third-order valence-electron chi connectivity index (χ3n) is 5.16. The lowest BCUT2D eigenvalue weighted by atomic mass is 9.94. The molecule has 0 radical (unpaired) electrons. The van der Waals surface area contributed by atoms with Crippen molar-refractivity contribution in [3.8, 4) is 17.2 Å². The van der Waals surface area contributed by atoms with Gasteiger partial charge < -0.3 is 24.2 Å². The maximum absolute atomic E-state index is 13.0. The van der Waals surface area contributed by atoms with Crippen LogP contribution in [0.3, 0.4) is 0 Å². The summed E-state index contributed by atoms with van der Waals surface area (Å²) in [5, 5.41) is 11.5. The summed E-state index contributed by atoms with van der Waals surface area (Å²) in [6, 6.07) is 9.01. The molecule has 1 fully saturated rings. The molecule has 2 aromatic carbocycles. The van der Waals surface area contributed by atoms with Crippen molar-refractivity contribution in [2.75, 3.05) is 27.9 Å². The highest BCUT2D eigenvalue weighted by Crippen LogP contribution is 2.45. The summed E-state index contributed by atoms with van der Waals surface area (Å²) in [7, 11) is 4.44. The molecule has 1 saturated heterocycles. The van der Waals surface area contributed by atoms with E-state index in [1.54, 1.807) is 30.3 Å². The van der Waals surface area contributed by atoms with E-state index in [1.165, 1.54) is 32.3 Å².